The van der Waals surface area contributed by atoms with Gasteiger partial charge in [-0.15, -0.1) is 0 Å². The number of likely N-dealkylation sites (tertiary alicyclic amines) is 1. The highest BCUT2D eigenvalue weighted by atomic mass is 16.5. The number of hydrogen-bond acceptors (Lipinski definition) is 3. The zero-order valence-corrected chi connectivity index (χ0v) is 22.0. The summed E-state index contributed by atoms with van der Waals surface area (Å²) in [7, 11) is 1.72. The van der Waals surface area contributed by atoms with Crippen LogP contribution in [0.15, 0.2) is 78.9 Å². The third-order valence-corrected chi connectivity index (χ3v) is 8.27. The van der Waals surface area contributed by atoms with Gasteiger partial charge in [0.2, 0.25) is 0 Å². The van der Waals surface area contributed by atoms with E-state index in [1.54, 1.807) is 7.11 Å². The van der Waals surface area contributed by atoms with Gasteiger partial charge in [0.25, 0.3) is 5.91 Å². The maximum absolute atomic E-state index is 13.9. The van der Waals surface area contributed by atoms with E-state index in [-0.39, 0.29) is 11.3 Å². The summed E-state index contributed by atoms with van der Waals surface area (Å²) in [5, 5.41) is 2.25. The number of hydrogen-bond donors (Lipinski definition) is 0. The summed E-state index contributed by atoms with van der Waals surface area (Å²) >= 11 is 0. The number of methoxy groups -OCH3 is 1. The van der Waals surface area contributed by atoms with Crippen LogP contribution in [0.25, 0.3) is 10.8 Å². The molecule has 1 amide bonds. The Labute approximate surface area is 219 Å². The molecule has 4 heteroatoms. The van der Waals surface area contributed by atoms with Crippen molar-refractivity contribution in [3.05, 3.63) is 107 Å². The van der Waals surface area contributed by atoms with Crippen molar-refractivity contribution in [3.63, 3.8) is 0 Å². The van der Waals surface area contributed by atoms with Crippen LogP contribution in [0.2, 0.25) is 0 Å². The van der Waals surface area contributed by atoms with Crippen LogP contribution < -0.4 is 9.64 Å². The second-order valence-electron chi connectivity index (χ2n) is 10.9. The molecule has 6 rings (SSSR count). The minimum absolute atomic E-state index is 0.0462. The molecule has 1 spiro atoms. The smallest absolute Gasteiger partial charge is 0.258 e. The molecular weight excluding hydrogens is 456 g/mol. The number of fused-ring (bicyclic) bond motifs is 3. The molecule has 4 aromatic rings. The number of ether oxygens (including phenoxy) is 1. The lowest BCUT2D eigenvalue weighted by atomic mass is 9.74. The predicted octanol–water partition coefficient (Wildman–Crippen LogP) is 6.66. The molecule has 0 aromatic heterocycles. The lowest BCUT2D eigenvalue weighted by Crippen LogP contribution is -2.45. The summed E-state index contributed by atoms with van der Waals surface area (Å²) in [6.07, 6.45) is 2.05. The molecule has 37 heavy (non-hydrogen) atoms. The Morgan fingerprint density at radius 3 is 2.32 bits per heavy atom. The molecule has 2 aliphatic rings. The normalized spacial score (nSPS) is 16.8. The zero-order chi connectivity index (χ0) is 25.6. The number of aryl methyl sites for hydroxylation is 2. The Bertz CT molecular complexity index is 1460. The average molecular weight is 491 g/mol. The highest BCUT2D eigenvalue weighted by Gasteiger charge is 2.46. The van der Waals surface area contributed by atoms with Gasteiger partial charge >= 0.3 is 0 Å². The van der Waals surface area contributed by atoms with Crippen LogP contribution in [-0.4, -0.2) is 37.6 Å². The van der Waals surface area contributed by atoms with Crippen LogP contribution in [0, 0.1) is 13.8 Å². The van der Waals surface area contributed by atoms with E-state index in [4.69, 9.17) is 4.74 Å². The highest BCUT2D eigenvalue weighted by Crippen LogP contribution is 2.49. The summed E-state index contributed by atoms with van der Waals surface area (Å²) in [4.78, 5) is 18.5. The Kier molecular flexibility index (Phi) is 6.00. The van der Waals surface area contributed by atoms with E-state index < -0.39 is 0 Å². The van der Waals surface area contributed by atoms with Gasteiger partial charge in [0.05, 0.1) is 7.11 Å². The maximum atomic E-state index is 13.9. The third-order valence-electron chi connectivity index (χ3n) is 8.27. The lowest BCUT2D eigenvalue weighted by molar-refractivity contribution is 0.0975. The summed E-state index contributed by atoms with van der Waals surface area (Å²) in [6, 6.07) is 27.3. The number of rotatable bonds is 4. The lowest BCUT2D eigenvalue weighted by Gasteiger charge is -2.40. The SMILES string of the molecule is COc1ccc2c(c1)C1(CCN(Cc3cc(C)cc(C)c3)CC1)CN2C(=O)c1ccc2ccccc2c1. The Morgan fingerprint density at radius 2 is 1.59 bits per heavy atom. The molecule has 2 aliphatic heterocycles. The molecule has 0 aliphatic carbocycles. The summed E-state index contributed by atoms with van der Waals surface area (Å²) in [6.45, 7) is 8.07. The van der Waals surface area contributed by atoms with Gasteiger partial charge in [-0.3, -0.25) is 9.69 Å². The van der Waals surface area contributed by atoms with Crippen molar-refractivity contribution in [2.24, 2.45) is 0 Å². The van der Waals surface area contributed by atoms with Gasteiger partial charge in [0.15, 0.2) is 0 Å². The molecule has 0 unspecified atom stereocenters. The van der Waals surface area contributed by atoms with E-state index in [0.717, 1.165) is 66.8 Å². The fourth-order valence-corrected chi connectivity index (χ4v) is 6.42. The molecule has 0 bridgehead atoms. The van der Waals surface area contributed by atoms with Crippen molar-refractivity contribution in [2.75, 3.05) is 31.6 Å². The summed E-state index contributed by atoms with van der Waals surface area (Å²) in [5.41, 5.74) is 7.01. The molecule has 0 radical (unpaired) electrons. The van der Waals surface area contributed by atoms with Gasteiger partial charge in [-0.05, 0) is 92.0 Å². The van der Waals surface area contributed by atoms with Crippen LogP contribution in [0.1, 0.15) is 45.5 Å². The topological polar surface area (TPSA) is 32.8 Å². The molecular formula is C33H34N2O2. The standard InChI is InChI=1S/C33H34N2O2/c1-23-16-24(2)18-25(17-23)21-34-14-12-33(13-15-34)22-35(31-11-10-29(37-3)20-30(31)33)32(36)28-9-8-26-6-4-5-7-27(26)19-28/h4-11,16-20H,12-15,21-22H2,1-3H3. The number of benzene rings is 4. The van der Waals surface area contributed by atoms with Crippen molar-refractivity contribution < 1.29 is 9.53 Å². The Balaban J connectivity index is 1.27. The first-order valence-corrected chi connectivity index (χ1v) is 13.2. The van der Waals surface area contributed by atoms with Crippen molar-refractivity contribution >= 4 is 22.4 Å². The maximum Gasteiger partial charge on any atom is 0.258 e. The van der Waals surface area contributed by atoms with Crippen LogP contribution >= 0.6 is 0 Å². The van der Waals surface area contributed by atoms with Crippen LogP contribution in [0.5, 0.6) is 5.75 Å². The van der Waals surface area contributed by atoms with E-state index in [9.17, 15) is 4.79 Å². The number of piperidine rings is 1. The van der Waals surface area contributed by atoms with Crippen LogP contribution in [0.4, 0.5) is 5.69 Å². The molecule has 2 heterocycles. The fraction of sp³-hybridized carbons (Fsp3) is 0.303. The van der Waals surface area contributed by atoms with Gasteiger partial charge in [0, 0.05) is 29.8 Å². The molecule has 1 saturated heterocycles. The number of amides is 1. The molecule has 1 fully saturated rings. The number of carbonyl (C=O) groups excluding carboxylic acids is 1. The summed E-state index contributed by atoms with van der Waals surface area (Å²) < 4.78 is 5.61. The average Bonchev–Trinajstić information content (AvgIpc) is 3.22. The van der Waals surface area contributed by atoms with Crippen molar-refractivity contribution in [2.45, 2.75) is 38.6 Å². The summed E-state index contributed by atoms with van der Waals surface area (Å²) in [5.74, 6) is 0.933. The molecule has 0 atom stereocenters. The van der Waals surface area contributed by atoms with Gasteiger partial charge in [-0.1, -0.05) is 59.7 Å². The first-order chi connectivity index (χ1) is 17.9. The quantitative estimate of drug-likeness (QED) is 0.321. The zero-order valence-electron chi connectivity index (χ0n) is 22.0. The minimum Gasteiger partial charge on any atom is -0.497 e. The van der Waals surface area contributed by atoms with Crippen molar-refractivity contribution in [1.29, 1.82) is 0 Å². The first-order valence-electron chi connectivity index (χ1n) is 13.2. The Morgan fingerprint density at radius 1 is 0.865 bits per heavy atom. The molecule has 4 nitrogen and oxygen atoms in total. The highest BCUT2D eigenvalue weighted by molar-refractivity contribution is 6.09. The second-order valence-corrected chi connectivity index (χ2v) is 10.9. The van der Waals surface area contributed by atoms with E-state index in [2.05, 4.69) is 67.3 Å². The number of carbonyl (C=O) groups is 1. The first kappa shape index (κ1) is 23.7. The van der Waals surface area contributed by atoms with Crippen LogP contribution in [-0.2, 0) is 12.0 Å². The monoisotopic (exact) mass is 490 g/mol. The molecule has 0 N–H and O–H groups in total. The Hall–Kier alpha value is -3.63. The van der Waals surface area contributed by atoms with E-state index >= 15 is 0 Å². The van der Waals surface area contributed by atoms with Crippen LogP contribution in [0.3, 0.4) is 0 Å². The van der Waals surface area contributed by atoms with E-state index in [1.165, 1.54) is 22.3 Å². The van der Waals surface area contributed by atoms with Crippen molar-refractivity contribution in [1.82, 2.24) is 4.90 Å². The van der Waals surface area contributed by atoms with E-state index in [0.29, 0.717) is 0 Å². The predicted molar refractivity (Wildman–Crippen MR) is 151 cm³/mol. The van der Waals surface area contributed by atoms with Gasteiger partial charge < -0.3 is 9.64 Å². The van der Waals surface area contributed by atoms with Crippen molar-refractivity contribution in [3.8, 4) is 5.75 Å². The van der Waals surface area contributed by atoms with Gasteiger partial charge in [0.1, 0.15) is 5.75 Å². The molecule has 188 valence electrons. The van der Waals surface area contributed by atoms with Gasteiger partial charge in [-0.25, -0.2) is 0 Å². The molecule has 0 saturated carbocycles. The third kappa shape index (κ3) is 4.40. The fourth-order valence-electron chi connectivity index (χ4n) is 6.42. The molecule has 4 aromatic carbocycles. The van der Waals surface area contributed by atoms with E-state index in [1.807, 2.05) is 35.2 Å². The number of anilines is 1. The second kappa shape index (κ2) is 9.35. The minimum atomic E-state index is -0.0462. The van der Waals surface area contributed by atoms with Gasteiger partial charge in [-0.2, -0.15) is 0 Å². The largest absolute Gasteiger partial charge is 0.497 e. The number of nitrogens with zero attached hydrogens (tertiary/aromatic N) is 2.